The Hall–Kier alpha value is -2.32. The van der Waals surface area contributed by atoms with Gasteiger partial charge in [-0.3, -0.25) is 14.2 Å². The highest BCUT2D eigenvalue weighted by Gasteiger charge is 2.07. The third-order valence-electron chi connectivity index (χ3n) is 4.04. The van der Waals surface area contributed by atoms with Crippen molar-refractivity contribution < 1.29 is 4.79 Å². The van der Waals surface area contributed by atoms with E-state index in [1.807, 2.05) is 30.5 Å². The second-order valence-electron chi connectivity index (χ2n) is 6.09. The quantitative estimate of drug-likeness (QED) is 0.473. The van der Waals surface area contributed by atoms with Crippen LogP contribution in [0.25, 0.3) is 10.9 Å². The smallest absolute Gasteiger partial charge is 0.262 e. The van der Waals surface area contributed by atoms with Crippen LogP contribution in [0.3, 0.4) is 0 Å². The number of anilines is 1. The molecular formula is C18H20N4O2S2. The van der Waals surface area contributed by atoms with Crippen molar-refractivity contribution in [3.63, 3.8) is 0 Å². The molecule has 0 atom stereocenters. The summed E-state index contributed by atoms with van der Waals surface area (Å²) in [5, 5.41) is 5.98. The number of hydrogen-bond acceptors (Lipinski definition) is 5. The molecule has 0 aliphatic carbocycles. The first kappa shape index (κ1) is 18.5. The monoisotopic (exact) mass is 388 g/mol. The predicted molar refractivity (Wildman–Crippen MR) is 107 cm³/mol. The fraction of sp³-hybridized carbons (Fsp3) is 0.333. The molecule has 0 saturated heterocycles. The minimum Gasteiger partial charge on any atom is -0.332 e. The van der Waals surface area contributed by atoms with Crippen molar-refractivity contribution in [2.24, 2.45) is 0 Å². The third kappa shape index (κ3) is 4.44. The first-order valence-corrected chi connectivity index (χ1v) is 9.77. The van der Waals surface area contributed by atoms with Crippen molar-refractivity contribution in [1.82, 2.24) is 14.5 Å². The molecule has 0 aliphatic rings. The van der Waals surface area contributed by atoms with Gasteiger partial charge in [0.15, 0.2) is 9.90 Å². The summed E-state index contributed by atoms with van der Waals surface area (Å²) >= 11 is 6.73. The van der Waals surface area contributed by atoms with Crippen molar-refractivity contribution in [2.45, 2.75) is 39.2 Å². The number of para-hydroxylation sites is 1. The lowest BCUT2D eigenvalue weighted by Gasteiger charge is -2.08. The Kier molecular flexibility index (Phi) is 5.95. The Balaban J connectivity index is 1.49. The zero-order chi connectivity index (χ0) is 18.5. The number of nitrogens with one attached hydrogen (secondary N) is 2. The molecule has 2 N–H and O–H groups in total. The summed E-state index contributed by atoms with van der Waals surface area (Å²) in [6, 6.07) is 7.35. The maximum absolute atomic E-state index is 12.5. The third-order valence-corrected chi connectivity index (χ3v) is 5.24. The van der Waals surface area contributed by atoms with Crippen LogP contribution in [-0.4, -0.2) is 20.4 Å². The minimum absolute atomic E-state index is 0.0282. The second kappa shape index (κ2) is 8.37. The van der Waals surface area contributed by atoms with E-state index in [-0.39, 0.29) is 11.5 Å². The highest BCUT2D eigenvalue weighted by atomic mass is 32.1. The van der Waals surface area contributed by atoms with Gasteiger partial charge in [0, 0.05) is 18.3 Å². The van der Waals surface area contributed by atoms with E-state index in [2.05, 4.69) is 15.3 Å². The number of rotatable bonds is 7. The molecular weight excluding hydrogens is 368 g/mol. The van der Waals surface area contributed by atoms with E-state index < -0.39 is 0 Å². The molecule has 2 aromatic heterocycles. The summed E-state index contributed by atoms with van der Waals surface area (Å²) < 4.78 is 2.03. The number of amides is 1. The Morgan fingerprint density at radius 1 is 1.31 bits per heavy atom. The molecule has 0 bridgehead atoms. The maximum atomic E-state index is 12.5. The van der Waals surface area contributed by atoms with E-state index >= 15 is 0 Å². The van der Waals surface area contributed by atoms with Crippen LogP contribution >= 0.6 is 23.6 Å². The van der Waals surface area contributed by atoms with Gasteiger partial charge in [-0.25, -0.2) is 4.98 Å². The highest BCUT2D eigenvalue weighted by Crippen LogP contribution is 2.15. The number of nitrogens with zero attached hydrogens (tertiary/aromatic N) is 2. The summed E-state index contributed by atoms with van der Waals surface area (Å²) in [6.45, 7) is 2.44. The highest BCUT2D eigenvalue weighted by molar-refractivity contribution is 7.71. The summed E-state index contributed by atoms with van der Waals surface area (Å²) in [7, 11) is 0. The van der Waals surface area contributed by atoms with E-state index in [9.17, 15) is 9.59 Å². The summed E-state index contributed by atoms with van der Waals surface area (Å²) in [4.78, 5) is 31.7. The topological polar surface area (TPSA) is 79.8 Å². The zero-order valence-electron chi connectivity index (χ0n) is 14.4. The predicted octanol–water partition coefficient (Wildman–Crippen LogP) is 4.02. The summed E-state index contributed by atoms with van der Waals surface area (Å²) in [6.07, 6.45) is 2.84. The number of H-pyrrole nitrogens is 1. The first-order chi connectivity index (χ1) is 12.5. The van der Waals surface area contributed by atoms with Crippen LogP contribution in [0.15, 0.2) is 34.4 Å². The molecule has 1 aromatic carbocycles. The van der Waals surface area contributed by atoms with Gasteiger partial charge in [0.2, 0.25) is 5.91 Å². The largest absolute Gasteiger partial charge is 0.332 e. The van der Waals surface area contributed by atoms with Crippen LogP contribution in [0.4, 0.5) is 5.13 Å². The summed E-state index contributed by atoms with van der Waals surface area (Å²) in [5.74, 6) is -0.0282. The Morgan fingerprint density at radius 2 is 2.12 bits per heavy atom. The van der Waals surface area contributed by atoms with Crippen LogP contribution in [-0.2, 0) is 11.3 Å². The standard InChI is InChI=1S/C18H20N4O2S2/c1-12-11-26-17(19-12)21-15(23)9-3-2-6-10-22-16(24)13-7-4-5-8-14(13)20-18(22)25/h4-5,7-8,11H,2-3,6,9-10H2,1H3,(H,20,25)(H,19,21,23). The molecule has 26 heavy (non-hydrogen) atoms. The molecule has 1 amide bonds. The van der Waals surface area contributed by atoms with E-state index in [0.29, 0.717) is 28.3 Å². The number of unbranched alkanes of at least 4 members (excludes halogenated alkanes) is 2. The van der Waals surface area contributed by atoms with Gasteiger partial charge in [0.25, 0.3) is 5.56 Å². The average molecular weight is 389 g/mol. The lowest BCUT2D eigenvalue weighted by molar-refractivity contribution is -0.116. The second-order valence-corrected chi connectivity index (χ2v) is 7.33. The van der Waals surface area contributed by atoms with Crippen molar-refractivity contribution in [3.05, 3.63) is 50.5 Å². The van der Waals surface area contributed by atoms with Gasteiger partial charge in [0.1, 0.15) is 0 Å². The fourth-order valence-electron chi connectivity index (χ4n) is 2.73. The van der Waals surface area contributed by atoms with Gasteiger partial charge in [-0.15, -0.1) is 11.3 Å². The van der Waals surface area contributed by atoms with Crippen molar-refractivity contribution in [1.29, 1.82) is 0 Å². The molecule has 0 unspecified atom stereocenters. The van der Waals surface area contributed by atoms with E-state index in [1.165, 1.54) is 11.3 Å². The van der Waals surface area contributed by atoms with E-state index in [1.54, 1.807) is 10.6 Å². The molecule has 2 heterocycles. The van der Waals surface area contributed by atoms with Gasteiger partial charge in [-0.2, -0.15) is 0 Å². The number of carbonyl (C=O) groups excluding carboxylic acids is 1. The molecule has 3 aromatic rings. The average Bonchev–Trinajstić information content (AvgIpc) is 3.02. The number of benzene rings is 1. The van der Waals surface area contributed by atoms with Crippen molar-refractivity contribution >= 4 is 45.5 Å². The van der Waals surface area contributed by atoms with Crippen LogP contribution in [0, 0.1) is 11.7 Å². The molecule has 136 valence electrons. The van der Waals surface area contributed by atoms with Gasteiger partial charge >= 0.3 is 0 Å². The van der Waals surface area contributed by atoms with Crippen LogP contribution in [0.2, 0.25) is 0 Å². The lowest BCUT2D eigenvalue weighted by Crippen LogP contribution is -2.22. The molecule has 0 fully saturated rings. The summed E-state index contributed by atoms with van der Waals surface area (Å²) in [5.41, 5.74) is 1.59. The number of fused-ring (bicyclic) bond motifs is 1. The van der Waals surface area contributed by atoms with Crippen LogP contribution in [0.5, 0.6) is 0 Å². The minimum atomic E-state index is -0.0683. The molecule has 0 spiro atoms. The zero-order valence-corrected chi connectivity index (χ0v) is 16.1. The maximum Gasteiger partial charge on any atom is 0.262 e. The van der Waals surface area contributed by atoms with Gasteiger partial charge in [0.05, 0.1) is 16.6 Å². The number of carbonyl (C=O) groups is 1. The lowest BCUT2D eigenvalue weighted by atomic mass is 10.2. The number of aryl methyl sites for hydroxylation is 1. The van der Waals surface area contributed by atoms with Crippen LogP contribution < -0.4 is 10.9 Å². The number of aromatic nitrogens is 3. The van der Waals surface area contributed by atoms with E-state index in [4.69, 9.17) is 12.2 Å². The molecule has 8 heteroatoms. The Labute approximate surface area is 159 Å². The van der Waals surface area contributed by atoms with Gasteiger partial charge in [-0.1, -0.05) is 18.6 Å². The molecule has 0 aliphatic heterocycles. The Bertz CT molecular complexity index is 1040. The molecule has 0 radical (unpaired) electrons. The molecule has 6 nitrogen and oxygen atoms in total. The normalized spacial score (nSPS) is 11.0. The SMILES string of the molecule is Cc1csc(NC(=O)CCCCCn2c(=S)[nH]c3ccccc3c2=O)n1. The number of hydrogen-bond donors (Lipinski definition) is 2. The molecule has 0 saturated carbocycles. The van der Waals surface area contributed by atoms with Gasteiger partial charge in [-0.05, 0) is 44.1 Å². The van der Waals surface area contributed by atoms with E-state index in [0.717, 1.165) is 30.5 Å². The number of thiazole rings is 1. The van der Waals surface area contributed by atoms with Gasteiger partial charge < -0.3 is 10.3 Å². The Morgan fingerprint density at radius 3 is 2.88 bits per heavy atom. The van der Waals surface area contributed by atoms with Crippen LogP contribution in [0.1, 0.15) is 31.4 Å². The van der Waals surface area contributed by atoms with Crippen molar-refractivity contribution in [3.8, 4) is 0 Å². The first-order valence-electron chi connectivity index (χ1n) is 8.48. The fourth-order valence-corrected chi connectivity index (χ4v) is 3.72. The number of aromatic amines is 1. The van der Waals surface area contributed by atoms with Crippen molar-refractivity contribution in [2.75, 3.05) is 5.32 Å². The molecule has 3 rings (SSSR count).